The fourth-order valence-electron chi connectivity index (χ4n) is 2.81. The minimum Gasteiger partial charge on any atom is -0.493 e. The molecule has 1 aromatic heterocycles. The van der Waals surface area contributed by atoms with Crippen molar-refractivity contribution < 1.29 is 19.1 Å². The van der Waals surface area contributed by atoms with E-state index >= 15 is 0 Å². The molecule has 4 N–H and O–H groups in total. The van der Waals surface area contributed by atoms with Gasteiger partial charge in [-0.05, 0) is 43.2 Å². The van der Waals surface area contributed by atoms with E-state index in [1.165, 1.54) is 11.3 Å². The smallest absolute Gasteiger partial charge is 0.333 e. The van der Waals surface area contributed by atoms with Crippen molar-refractivity contribution in [1.29, 1.82) is 0 Å². The number of rotatable bonds is 8. The molecule has 0 bridgehead atoms. The molecule has 2 aromatic carbocycles. The summed E-state index contributed by atoms with van der Waals surface area (Å²) in [6.07, 6.45) is 0.595. The molecule has 9 nitrogen and oxygen atoms in total. The second kappa shape index (κ2) is 10.5. The third-order valence-electron chi connectivity index (χ3n) is 4.47. The van der Waals surface area contributed by atoms with Crippen molar-refractivity contribution >= 4 is 38.6 Å². The Morgan fingerprint density at radius 2 is 1.84 bits per heavy atom. The molecule has 0 spiro atoms. The molecule has 0 radical (unpaired) electrons. The summed E-state index contributed by atoms with van der Waals surface area (Å²) >= 11 is 1.46. The van der Waals surface area contributed by atoms with Gasteiger partial charge in [0.1, 0.15) is 6.04 Å². The molecule has 10 heteroatoms. The zero-order valence-electron chi connectivity index (χ0n) is 17.5. The van der Waals surface area contributed by atoms with Crippen LogP contribution < -0.4 is 31.0 Å². The highest BCUT2D eigenvalue weighted by Gasteiger charge is 2.15. The van der Waals surface area contributed by atoms with E-state index in [0.717, 1.165) is 15.8 Å². The molecular formula is C21H25N5O4S. The number of carbonyl (C=O) groups excluding carboxylic acids is 2. The van der Waals surface area contributed by atoms with E-state index in [1.807, 2.05) is 42.5 Å². The number of carbonyl (C=O) groups is 2. The number of hydrogen-bond donors (Lipinski definition) is 4. The van der Waals surface area contributed by atoms with Crippen LogP contribution in [-0.4, -0.2) is 43.7 Å². The van der Waals surface area contributed by atoms with Gasteiger partial charge in [-0.3, -0.25) is 10.2 Å². The zero-order chi connectivity index (χ0) is 22.2. The lowest BCUT2D eigenvalue weighted by molar-refractivity contribution is -0.122. The first-order valence-electron chi connectivity index (χ1n) is 9.67. The van der Waals surface area contributed by atoms with Crippen molar-refractivity contribution in [2.24, 2.45) is 0 Å². The average molecular weight is 444 g/mol. The number of nitrogens with one attached hydrogen (secondary N) is 4. The van der Waals surface area contributed by atoms with Crippen molar-refractivity contribution in [3.8, 4) is 11.5 Å². The summed E-state index contributed by atoms with van der Waals surface area (Å²) in [5.74, 6) is 0.897. The van der Waals surface area contributed by atoms with Crippen LogP contribution in [0.15, 0.2) is 42.5 Å². The topological polar surface area (TPSA) is 114 Å². The fourth-order valence-corrected chi connectivity index (χ4v) is 3.76. The first-order chi connectivity index (χ1) is 15.0. The molecule has 1 atom stereocenters. The Balaban J connectivity index is 1.40. The number of para-hydroxylation sites is 1. The standard InChI is InChI=1S/C21H25N5O4S/c1-13(23-21-24-15-6-4-5-7-18(15)31-21)19(27)25-26-20(28)22-11-10-14-8-9-16(29-2)17(12-14)30-3/h4-9,12-13H,10-11H2,1-3H3,(H,23,24)(H,25,27)(H2,22,26,28). The quantitative estimate of drug-likeness (QED) is 0.398. The number of methoxy groups -OCH3 is 2. The molecule has 3 aromatic rings. The van der Waals surface area contributed by atoms with E-state index in [9.17, 15) is 9.59 Å². The number of fused-ring (bicyclic) bond motifs is 1. The van der Waals surface area contributed by atoms with Gasteiger partial charge in [-0.15, -0.1) is 0 Å². The summed E-state index contributed by atoms with van der Waals surface area (Å²) in [7, 11) is 3.15. The van der Waals surface area contributed by atoms with Crippen LogP contribution in [0.3, 0.4) is 0 Å². The van der Waals surface area contributed by atoms with Crippen molar-refractivity contribution in [3.63, 3.8) is 0 Å². The molecule has 0 aliphatic rings. The van der Waals surface area contributed by atoms with Crippen molar-refractivity contribution in [2.45, 2.75) is 19.4 Å². The first kappa shape index (κ1) is 22.2. The molecule has 31 heavy (non-hydrogen) atoms. The van der Waals surface area contributed by atoms with Crippen LogP contribution in [0.2, 0.25) is 0 Å². The molecule has 0 aliphatic heterocycles. The number of amides is 3. The number of thiazole rings is 1. The molecule has 164 valence electrons. The number of nitrogens with zero attached hydrogens (tertiary/aromatic N) is 1. The molecule has 0 aliphatic carbocycles. The molecule has 3 rings (SSSR count). The van der Waals surface area contributed by atoms with Crippen LogP contribution in [0.5, 0.6) is 11.5 Å². The van der Waals surface area contributed by atoms with Crippen LogP contribution in [0.4, 0.5) is 9.93 Å². The molecule has 0 saturated carbocycles. The van der Waals surface area contributed by atoms with Crippen molar-refractivity contribution in [2.75, 3.05) is 26.1 Å². The van der Waals surface area contributed by atoms with E-state index in [1.54, 1.807) is 21.1 Å². The number of aromatic nitrogens is 1. The summed E-state index contributed by atoms with van der Waals surface area (Å²) in [5, 5.41) is 6.37. The van der Waals surface area contributed by atoms with Gasteiger partial charge in [0.05, 0.1) is 24.4 Å². The zero-order valence-corrected chi connectivity index (χ0v) is 18.3. The lowest BCUT2D eigenvalue weighted by atomic mass is 10.1. The highest BCUT2D eigenvalue weighted by atomic mass is 32.1. The van der Waals surface area contributed by atoms with Crippen LogP contribution in [0.1, 0.15) is 12.5 Å². The minimum absolute atomic E-state index is 0.380. The highest BCUT2D eigenvalue weighted by molar-refractivity contribution is 7.22. The van der Waals surface area contributed by atoms with E-state index in [4.69, 9.17) is 9.47 Å². The Kier molecular flexibility index (Phi) is 7.50. The predicted octanol–water partition coefficient (Wildman–Crippen LogP) is 2.69. The van der Waals surface area contributed by atoms with E-state index in [2.05, 4.69) is 26.5 Å². The predicted molar refractivity (Wildman–Crippen MR) is 121 cm³/mol. The maximum Gasteiger partial charge on any atom is 0.333 e. The van der Waals surface area contributed by atoms with E-state index < -0.39 is 12.1 Å². The number of hydrazine groups is 1. The van der Waals surface area contributed by atoms with Crippen LogP contribution in [-0.2, 0) is 11.2 Å². The summed E-state index contributed by atoms with van der Waals surface area (Å²) in [5.41, 5.74) is 6.60. The van der Waals surface area contributed by atoms with Gasteiger partial charge in [-0.1, -0.05) is 29.5 Å². The first-order valence-corrected chi connectivity index (χ1v) is 10.5. The van der Waals surface area contributed by atoms with Gasteiger partial charge in [0.2, 0.25) is 0 Å². The average Bonchev–Trinajstić information content (AvgIpc) is 3.19. The van der Waals surface area contributed by atoms with Crippen molar-refractivity contribution in [1.82, 2.24) is 21.2 Å². The molecule has 1 unspecified atom stereocenters. The van der Waals surface area contributed by atoms with Gasteiger partial charge in [-0.25, -0.2) is 15.2 Å². The summed E-state index contributed by atoms with van der Waals surface area (Å²) < 4.78 is 11.5. The maximum absolute atomic E-state index is 12.2. The summed E-state index contributed by atoms with van der Waals surface area (Å²) in [6, 6.07) is 12.2. The number of benzene rings is 2. The van der Waals surface area contributed by atoms with E-state index in [-0.39, 0.29) is 5.91 Å². The number of hydrogen-bond acceptors (Lipinski definition) is 7. The van der Waals surface area contributed by atoms with Gasteiger partial charge in [0, 0.05) is 6.54 Å². The van der Waals surface area contributed by atoms with Crippen LogP contribution in [0, 0.1) is 0 Å². The Bertz CT molecular complexity index is 1020. The Morgan fingerprint density at radius 1 is 1.06 bits per heavy atom. The third kappa shape index (κ3) is 5.98. The van der Waals surface area contributed by atoms with Crippen LogP contribution >= 0.6 is 11.3 Å². The van der Waals surface area contributed by atoms with Gasteiger partial charge in [0.25, 0.3) is 5.91 Å². The lowest BCUT2D eigenvalue weighted by Gasteiger charge is -2.14. The Hall–Kier alpha value is -3.53. The monoisotopic (exact) mass is 443 g/mol. The van der Waals surface area contributed by atoms with Gasteiger partial charge >= 0.3 is 6.03 Å². The molecule has 0 saturated heterocycles. The second-order valence-electron chi connectivity index (χ2n) is 6.66. The molecule has 0 fully saturated rings. The third-order valence-corrected chi connectivity index (χ3v) is 5.44. The Morgan fingerprint density at radius 3 is 2.58 bits per heavy atom. The van der Waals surface area contributed by atoms with E-state index in [0.29, 0.717) is 29.6 Å². The largest absolute Gasteiger partial charge is 0.493 e. The molecular weight excluding hydrogens is 418 g/mol. The maximum atomic E-state index is 12.2. The van der Waals surface area contributed by atoms with Crippen LogP contribution in [0.25, 0.3) is 10.2 Å². The van der Waals surface area contributed by atoms with Crippen molar-refractivity contribution in [3.05, 3.63) is 48.0 Å². The molecule has 3 amide bonds. The minimum atomic E-state index is -0.576. The number of urea groups is 1. The highest BCUT2D eigenvalue weighted by Crippen LogP contribution is 2.27. The van der Waals surface area contributed by atoms with Gasteiger partial charge < -0.3 is 20.1 Å². The summed E-state index contributed by atoms with van der Waals surface area (Å²) in [4.78, 5) is 28.6. The number of ether oxygens (including phenoxy) is 2. The lowest BCUT2D eigenvalue weighted by Crippen LogP contribution is -2.51. The normalized spacial score (nSPS) is 11.5. The summed E-state index contributed by atoms with van der Waals surface area (Å²) in [6.45, 7) is 2.08. The SMILES string of the molecule is COc1ccc(CCNC(=O)NNC(=O)C(C)Nc2nc3ccccc3s2)cc1OC. The second-order valence-corrected chi connectivity index (χ2v) is 7.69. The fraction of sp³-hybridized carbons (Fsp3) is 0.286. The Labute approximate surface area is 184 Å². The van der Waals surface area contributed by atoms with Gasteiger partial charge in [0.15, 0.2) is 16.6 Å². The number of anilines is 1. The molecule has 1 heterocycles. The van der Waals surface area contributed by atoms with Gasteiger partial charge in [-0.2, -0.15) is 0 Å².